The first-order valence-corrected chi connectivity index (χ1v) is 7.59. The largest absolute Gasteiger partial charge is 0.389 e. The number of nitrogens with one attached hydrogen (secondary N) is 1. The van der Waals surface area contributed by atoms with E-state index >= 15 is 0 Å². The van der Waals surface area contributed by atoms with Crippen molar-refractivity contribution in [3.05, 3.63) is 56.5 Å². The van der Waals surface area contributed by atoms with Gasteiger partial charge < -0.3 is 11.1 Å². The third-order valence-electron chi connectivity index (χ3n) is 2.65. The van der Waals surface area contributed by atoms with Crippen LogP contribution in [0.4, 0.5) is 11.4 Å². The number of benzene rings is 2. The van der Waals surface area contributed by atoms with Gasteiger partial charge in [0.15, 0.2) is 0 Å². The normalized spacial score (nSPS) is 10.3. The molecule has 0 radical (unpaired) electrons. The van der Waals surface area contributed by atoms with Crippen molar-refractivity contribution >= 4 is 60.4 Å². The maximum absolute atomic E-state index is 5.61. The molecule has 0 spiro atoms. The summed E-state index contributed by atoms with van der Waals surface area (Å²) in [5, 5.41) is 3.36. The first kappa shape index (κ1) is 14.5. The van der Waals surface area contributed by atoms with E-state index in [4.69, 9.17) is 18.0 Å². The third-order valence-corrected chi connectivity index (χ3v) is 4.20. The van der Waals surface area contributed by atoms with E-state index in [1.54, 1.807) is 0 Å². The van der Waals surface area contributed by atoms with Crippen LogP contribution in [0.3, 0.4) is 0 Å². The van der Waals surface area contributed by atoms with Gasteiger partial charge in [-0.05, 0) is 74.7 Å². The summed E-state index contributed by atoms with van der Waals surface area (Å²) in [4.78, 5) is 0.392. The zero-order chi connectivity index (χ0) is 14.0. The van der Waals surface area contributed by atoms with Crippen molar-refractivity contribution in [3.63, 3.8) is 0 Å². The van der Waals surface area contributed by atoms with Crippen LogP contribution in [0.15, 0.2) is 45.3 Å². The SMILES string of the molecule is Cc1ccc(Nc2ccc(C(N)=S)cc2Br)c(Br)c1. The van der Waals surface area contributed by atoms with Crippen LogP contribution in [0, 0.1) is 6.92 Å². The summed E-state index contributed by atoms with van der Waals surface area (Å²) in [5.41, 5.74) is 9.63. The molecule has 0 heterocycles. The van der Waals surface area contributed by atoms with Gasteiger partial charge in [0.2, 0.25) is 0 Å². The van der Waals surface area contributed by atoms with Crippen LogP contribution in [-0.4, -0.2) is 4.99 Å². The summed E-state index contributed by atoms with van der Waals surface area (Å²) in [7, 11) is 0. The van der Waals surface area contributed by atoms with Gasteiger partial charge >= 0.3 is 0 Å². The molecular formula is C14H12Br2N2S. The van der Waals surface area contributed by atoms with Crippen molar-refractivity contribution in [1.29, 1.82) is 0 Å². The fraction of sp³-hybridized carbons (Fsp3) is 0.0714. The van der Waals surface area contributed by atoms with Crippen LogP contribution >= 0.6 is 44.1 Å². The standard InChI is InChI=1S/C14H12Br2N2S/c1-8-2-4-12(10(15)6-8)18-13-5-3-9(14(17)19)7-11(13)16/h2-7,18H,1H3,(H2,17,19). The van der Waals surface area contributed by atoms with E-state index in [0.717, 1.165) is 25.9 Å². The van der Waals surface area contributed by atoms with Gasteiger partial charge in [-0.1, -0.05) is 18.3 Å². The minimum atomic E-state index is 0.392. The second-order valence-electron chi connectivity index (χ2n) is 4.17. The summed E-state index contributed by atoms with van der Waals surface area (Å²) in [6, 6.07) is 11.9. The Labute approximate surface area is 134 Å². The lowest BCUT2D eigenvalue weighted by Crippen LogP contribution is -2.09. The summed E-state index contributed by atoms with van der Waals surface area (Å²) >= 11 is 12.0. The monoisotopic (exact) mass is 398 g/mol. The van der Waals surface area contributed by atoms with Gasteiger partial charge in [0, 0.05) is 14.5 Å². The fourth-order valence-electron chi connectivity index (χ4n) is 1.64. The van der Waals surface area contributed by atoms with Crippen molar-refractivity contribution in [1.82, 2.24) is 0 Å². The number of hydrogen-bond donors (Lipinski definition) is 2. The van der Waals surface area contributed by atoms with E-state index in [0.29, 0.717) is 4.99 Å². The Kier molecular flexibility index (Phi) is 4.60. The smallest absolute Gasteiger partial charge is 0.104 e. The Hall–Kier alpha value is -0.910. The molecule has 0 unspecified atom stereocenters. The Morgan fingerprint density at radius 2 is 1.63 bits per heavy atom. The molecule has 0 aliphatic heterocycles. The molecular weight excluding hydrogens is 388 g/mol. The number of anilines is 2. The molecule has 3 N–H and O–H groups in total. The molecule has 2 rings (SSSR count). The topological polar surface area (TPSA) is 38.0 Å². The highest BCUT2D eigenvalue weighted by molar-refractivity contribution is 9.11. The van der Waals surface area contributed by atoms with Gasteiger partial charge in [0.1, 0.15) is 4.99 Å². The molecule has 0 atom stereocenters. The molecule has 19 heavy (non-hydrogen) atoms. The molecule has 5 heteroatoms. The zero-order valence-electron chi connectivity index (χ0n) is 10.2. The molecule has 0 aliphatic carbocycles. The molecule has 0 aromatic heterocycles. The Balaban J connectivity index is 2.31. The second-order valence-corrected chi connectivity index (χ2v) is 6.32. The number of rotatable bonds is 3. The molecule has 0 aliphatic rings. The van der Waals surface area contributed by atoms with Gasteiger partial charge in [-0.15, -0.1) is 0 Å². The average Bonchev–Trinajstić information content (AvgIpc) is 2.34. The molecule has 0 saturated carbocycles. The molecule has 2 aromatic carbocycles. The van der Waals surface area contributed by atoms with Crippen LogP contribution in [0.5, 0.6) is 0 Å². The molecule has 0 saturated heterocycles. The number of halogens is 2. The molecule has 0 bridgehead atoms. The van der Waals surface area contributed by atoms with Crippen molar-refractivity contribution in [2.24, 2.45) is 5.73 Å². The lowest BCUT2D eigenvalue weighted by Gasteiger charge is -2.12. The third kappa shape index (κ3) is 3.55. The average molecular weight is 400 g/mol. The van der Waals surface area contributed by atoms with Crippen molar-refractivity contribution in [2.75, 3.05) is 5.32 Å². The summed E-state index contributed by atoms with van der Waals surface area (Å²) < 4.78 is 1.95. The molecule has 2 aromatic rings. The van der Waals surface area contributed by atoms with Gasteiger partial charge in [-0.3, -0.25) is 0 Å². The quantitative estimate of drug-likeness (QED) is 0.721. The lowest BCUT2D eigenvalue weighted by atomic mass is 10.2. The highest BCUT2D eigenvalue weighted by Crippen LogP contribution is 2.31. The Morgan fingerprint density at radius 1 is 1.05 bits per heavy atom. The van der Waals surface area contributed by atoms with E-state index < -0.39 is 0 Å². The zero-order valence-corrected chi connectivity index (χ0v) is 14.2. The van der Waals surface area contributed by atoms with Crippen LogP contribution < -0.4 is 11.1 Å². The van der Waals surface area contributed by atoms with Crippen molar-refractivity contribution < 1.29 is 0 Å². The summed E-state index contributed by atoms with van der Waals surface area (Å²) in [6.07, 6.45) is 0. The van der Waals surface area contributed by atoms with Gasteiger partial charge in [0.25, 0.3) is 0 Å². The van der Waals surface area contributed by atoms with Crippen molar-refractivity contribution in [2.45, 2.75) is 6.92 Å². The van der Waals surface area contributed by atoms with Gasteiger partial charge in [-0.2, -0.15) is 0 Å². The van der Waals surface area contributed by atoms with E-state index in [9.17, 15) is 0 Å². The van der Waals surface area contributed by atoms with Crippen LogP contribution in [0.2, 0.25) is 0 Å². The van der Waals surface area contributed by atoms with Crippen LogP contribution in [0.1, 0.15) is 11.1 Å². The molecule has 2 nitrogen and oxygen atoms in total. The highest BCUT2D eigenvalue weighted by Gasteiger charge is 2.06. The highest BCUT2D eigenvalue weighted by atomic mass is 79.9. The first-order valence-electron chi connectivity index (χ1n) is 5.60. The minimum absolute atomic E-state index is 0.392. The van der Waals surface area contributed by atoms with Crippen LogP contribution in [-0.2, 0) is 0 Å². The minimum Gasteiger partial charge on any atom is -0.389 e. The number of aryl methyl sites for hydroxylation is 1. The first-order chi connectivity index (χ1) is 8.97. The molecule has 98 valence electrons. The Morgan fingerprint density at radius 3 is 2.16 bits per heavy atom. The molecule has 0 amide bonds. The summed E-state index contributed by atoms with van der Waals surface area (Å²) in [5.74, 6) is 0. The van der Waals surface area contributed by atoms with E-state index in [2.05, 4.69) is 56.2 Å². The molecule has 0 fully saturated rings. The second kappa shape index (κ2) is 6.03. The van der Waals surface area contributed by atoms with Crippen molar-refractivity contribution in [3.8, 4) is 0 Å². The number of thiocarbonyl (C=S) groups is 1. The maximum Gasteiger partial charge on any atom is 0.104 e. The van der Waals surface area contributed by atoms with E-state index in [1.807, 2.05) is 24.3 Å². The van der Waals surface area contributed by atoms with Crippen LogP contribution in [0.25, 0.3) is 0 Å². The van der Waals surface area contributed by atoms with Gasteiger partial charge in [0.05, 0.1) is 11.4 Å². The Bertz CT molecular complexity index is 641. The maximum atomic E-state index is 5.61. The predicted molar refractivity (Wildman–Crippen MR) is 92.2 cm³/mol. The van der Waals surface area contributed by atoms with E-state index in [-0.39, 0.29) is 0 Å². The predicted octanol–water partition coefficient (Wildman–Crippen LogP) is 4.90. The van der Waals surface area contributed by atoms with E-state index in [1.165, 1.54) is 5.56 Å². The lowest BCUT2D eigenvalue weighted by molar-refractivity contribution is 1.42. The summed E-state index contributed by atoms with van der Waals surface area (Å²) in [6.45, 7) is 2.06. The van der Waals surface area contributed by atoms with Gasteiger partial charge in [-0.25, -0.2) is 0 Å². The number of hydrogen-bond acceptors (Lipinski definition) is 2. The fourth-order valence-corrected chi connectivity index (χ4v) is 2.83. The number of nitrogens with two attached hydrogens (primary N) is 1.